The highest BCUT2D eigenvalue weighted by Gasteiger charge is 2.33. The fourth-order valence-corrected chi connectivity index (χ4v) is 4.65. The van der Waals surface area contributed by atoms with Gasteiger partial charge in [0.25, 0.3) is 0 Å². The Hall–Kier alpha value is -2.92. The molecule has 6 rings (SSSR count). The summed E-state index contributed by atoms with van der Waals surface area (Å²) in [7, 11) is 1.65. The molecular formula is C24H24N2O3. The second-order valence-electron chi connectivity index (χ2n) is 7.92. The number of carbonyl (C=O) groups is 1. The minimum atomic E-state index is -0.316. The number of fused-ring (bicyclic) bond motifs is 4. The van der Waals surface area contributed by atoms with Crippen LogP contribution in [-0.4, -0.2) is 43.8 Å². The Morgan fingerprint density at radius 3 is 2.69 bits per heavy atom. The molecule has 1 atom stereocenters. The molecule has 0 saturated carbocycles. The summed E-state index contributed by atoms with van der Waals surface area (Å²) in [5, 5.41) is 0.884. The van der Waals surface area contributed by atoms with Gasteiger partial charge in [-0.15, -0.1) is 0 Å². The van der Waals surface area contributed by atoms with Crippen molar-refractivity contribution in [1.82, 2.24) is 4.90 Å². The van der Waals surface area contributed by atoms with Crippen molar-refractivity contribution in [1.29, 1.82) is 0 Å². The first-order chi connectivity index (χ1) is 14.2. The lowest BCUT2D eigenvalue weighted by Gasteiger charge is -2.43. The van der Waals surface area contributed by atoms with Crippen LogP contribution in [0.3, 0.4) is 0 Å². The number of hydrogen-bond donors (Lipinski definition) is 0. The molecule has 3 saturated heterocycles. The summed E-state index contributed by atoms with van der Waals surface area (Å²) in [5.74, 6) is 1.76. The van der Waals surface area contributed by atoms with Gasteiger partial charge in [-0.05, 0) is 44.0 Å². The predicted molar refractivity (Wildman–Crippen MR) is 114 cm³/mol. The number of amides is 1. The van der Waals surface area contributed by atoms with E-state index in [0.717, 1.165) is 28.8 Å². The number of methoxy groups -OCH3 is 1. The summed E-state index contributed by atoms with van der Waals surface area (Å²) in [4.78, 5) is 19.4. The van der Waals surface area contributed by atoms with Crippen LogP contribution in [0.15, 0.2) is 57.9 Å². The molecule has 1 unspecified atom stereocenters. The Morgan fingerprint density at radius 2 is 1.93 bits per heavy atom. The van der Waals surface area contributed by atoms with Gasteiger partial charge in [-0.1, -0.05) is 36.4 Å². The standard InChI is InChI=1S/C24H24N2O3/c1-28-21-8-3-2-6-19(21)20-7-4-5-17-13-22(29-23(17)20)24(27)25-14-18-15-26-11-9-16(18)10-12-26/h2-8,13-14,16,18H,9-12,15H2,1H3. The topological polar surface area (TPSA) is 55.0 Å². The molecule has 3 fully saturated rings. The van der Waals surface area contributed by atoms with E-state index in [2.05, 4.69) is 9.89 Å². The van der Waals surface area contributed by atoms with Crippen molar-refractivity contribution in [2.45, 2.75) is 12.8 Å². The fourth-order valence-electron chi connectivity index (χ4n) is 4.65. The van der Waals surface area contributed by atoms with Crippen LogP contribution in [0, 0.1) is 11.8 Å². The number of hydrogen-bond acceptors (Lipinski definition) is 4. The third kappa shape index (κ3) is 3.36. The number of para-hydroxylation sites is 2. The van der Waals surface area contributed by atoms with Crippen molar-refractivity contribution >= 4 is 23.1 Å². The van der Waals surface area contributed by atoms with Crippen molar-refractivity contribution in [3.05, 3.63) is 54.3 Å². The summed E-state index contributed by atoms with van der Waals surface area (Å²) >= 11 is 0. The van der Waals surface area contributed by atoms with Gasteiger partial charge in [-0.25, -0.2) is 4.99 Å². The predicted octanol–water partition coefficient (Wildman–Crippen LogP) is 4.66. The molecule has 4 heterocycles. The van der Waals surface area contributed by atoms with E-state index in [0.29, 0.717) is 17.4 Å². The van der Waals surface area contributed by atoms with Crippen molar-refractivity contribution in [2.24, 2.45) is 16.8 Å². The van der Waals surface area contributed by atoms with Crippen LogP contribution in [0.5, 0.6) is 5.75 Å². The van der Waals surface area contributed by atoms with Crippen LogP contribution in [-0.2, 0) is 0 Å². The minimum absolute atomic E-state index is 0.278. The van der Waals surface area contributed by atoms with E-state index < -0.39 is 0 Å². The lowest BCUT2D eigenvalue weighted by atomic mass is 9.80. The molecule has 1 amide bonds. The van der Waals surface area contributed by atoms with E-state index in [4.69, 9.17) is 9.15 Å². The number of nitrogens with zero attached hydrogens (tertiary/aromatic N) is 2. The molecule has 5 heteroatoms. The Bertz CT molecular complexity index is 1080. The highest BCUT2D eigenvalue weighted by molar-refractivity contribution is 6.03. The maximum atomic E-state index is 12.7. The molecule has 2 aromatic carbocycles. The van der Waals surface area contributed by atoms with Crippen molar-refractivity contribution < 1.29 is 13.9 Å². The summed E-state index contributed by atoms with van der Waals surface area (Å²) < 4.78 is 11.5. The monoisotopic (exact) mass is 388 g/mol. The van der Waals surface area contributed by atoms with Gasteiger partial charge in [-0.2, -0.15) is 0 Å². The van der Waals surface area contributed by atoms with Crippen LogP contribution in [0.4, 0.5) is 0 Å². The SMILES string of the molecule is COc1ccccc1-c1cccc2cc(C(=O)N=CC3CN4CCC3CC4)oc12. The zero-order valence-corrected chi connectivity index (χ0v) is 16.5. The summed E-state index contributed by atoms with van der Waals surface area (Å²) in [6.45, 7) is 3.37. The number of aliphatic imine (C=N–C) groups is 1. The first kappa shape index (κ1) is 18.1. The van der Waals surface area contributed by atoms with Gasteiger partial charge in [0.1, 0.15) is 11.3 Å². The van der Waals surface area contributed by atoms with E-state index >= 15 is 0 Å². The average Bonchev–Trinajstić information content (AvgIpc) is 3.23. The maximum absolute atomic E-state index is 12.7. The van der Waals surface area contributed by atoms with E-state index in [1.54, 1.807) is 13.2 Å². The van der Waals surface area contributed by atoms with Crippen LogP contribution in [0.2, 0.25) is 0 Å². The summed E-state index contributed by atoms with van der Waals surface area (Å²) in [6.07, 6.45) is 4.27. The normalized spacial score (nSPS) is 23.7. The molecule has 3 aliphatic rings. The zero-order valence-electron chi connectivity index (χ0n) is 16.5. The molecule has 3 aliphatic heterocycles. The smallest absolute Gasteiger partial charge is 0.312 e. The second-order valence-corrected chi connectivity index (χ2v) is 7.92. The van der Waals surface area contributed by atoms with Crippen molar-refractivity contribution in [2.75, 3.05) is 26.7 Å². The molecule has 29 heavy (non-hydrogen) atoms. The Labute approximate surface area is 170 Å². The molecule has 5 nitrogen and oxygen atoms in total. The third-order valence-corrected chi connectivity index (χ3v) is 6.24. The van der Waals surface area contributed by atoms with Gasteiger partial charge in [0, 0.05) is 35.2 Å². The summed E-state index contributed by atoms with van der Waals surface area (Å²) in [6, 6.07) is 15.5. The zero-order chi connectivity index (χ0) is 19.8. The number of carbonyl (C=O) groups excluding carboxylic acids is 1. The van der Waals surface area contributed by atoms with Crippen LogP contribution < -0.4 is 4.74 Å². The number of benzene rings is 2. The molecule has 0 radical (unpaired) electrons. The highest BCUT2D eigenvalue weighted by Crippen LogP contribution is 2.36. The number of rotatable bonds is 4. The second kappa shape index (κ2) is 7.48. The first-order valence-corrected chi connectivity index (χ1v) is 10.2. The molecule has 148 valence electrons. The van der Waals surface area contributed by atoms with E-state index in [1.807, 2.05) is 48.7 Å². The van der Waals surface area contributed by atoms with Crippen LogP contribution >= 0.6 is 0 Å². The lowest BCUT2D eigenvalue weighted by Crippen LogP contribution is -2.47. The Kier molecular flexibility index (Phi) is 4.68. The molecule has 2 bridgehead atoms. The number of piperidine rings is 3. The fraction of sp³-hybridized carbons (Fsp3) is 0.333. The molecular weight excluding hydrogens is 364 g/mol. The first-order valence-electron chi connectivity index (χ1n) is 10.2. The average molecular weight is 388 g/mol. The largest absolute Gasteiger partial charge is 0.496 e. The van der Waals surface area contributed by atoms with Crippen molar-refractivity contribution in [3.8, 4) is 16.9 Å². The molecule has 0 aliphatic carbocycles. The van der Waals surface area contributed by atoms with Crippen molar-refractivity contribution in [3.63, 3.8) is 0 Å². The Morgan fingerprint density at radius 1 is 1.14 bits per heavy atom. The molecule has 1 aromatic heterocycles. The number of ether oxygens (including phenoxy) is 1. The minimum Gasteiger partial charge on any atom is -0.496 e. The van der Waals surface area contributed by atoms with E-state index in [-0.39, 0.29) is 11.7 Å². The van der Waals surface area contributed by atoms with Gasteiger partial charge < -0.3 is 14.1 Å². The van der Waals surface area contributed by atoms with Gasteiger partial charge in [0.05, 0.1) is 7.11 Å². The van der Waals surface area contributed by atoms with Gasteiger partial charge in [0.15, 0.2) is 5.76 Å². The maximum Gasteiger partial charge on any atom is 0.312 e. The summed E-state index contributed by atoms with van der Waals surface area (Å²) in [5.41, 5.74) is 2.52. The third-order valence-electron chi connectivity index (χ3n) is 6.24. The molecule has 0 N–H and O–H groups in total. The van der Waals surface area contributed by atoms with Gasteiger partial charge >= 0.3 is 5.91 Å². The van der Waals surface area contributed by atoms with E-state index in [9.17, 15) is 4.79 Å². The Balaban J connectivity index is 1.44. The van der Waals surface area contributed by atoms with Crippen LogP contribution in [0.1, 0.15) is 23.4 Å². The molecule has 0 spiro atoms. The van der Waals surface area contributed by atoms with E-state index in [1.165, 1.54) is 25.9 Å². The van der Waals surface area contributed by atoms with Crippen LogP contribution in [0.25, 0.3) is 22.1 Å². The quantitative estimate of drug-likeness (QED) is 0.610. The lowest BCUT2D eigenvalue weighted by molar-refractivity contribution is 0.0833. The highest BCUT2D eigenvalue weighted by atomic mass is 16.5. The number of furan rings is 1. The molecule has 3 aromatic rings. The van der Waals surface area contributed by atoms with Gasteiger partial charge in [0.2, 0.25) is 0 Å². The van der Waals surface area contributed by atoms with Gasteiger partial charge in [-0.3, -0.25) is 4.79 Å².